The Kier molecular flexibility index (Phi) is 4.77. The molecular formula is C22H21FN4O3. The van der Waals surface area contributed by atoms with Gasteiger partial charge in [0.2, 0.25) is 0 Å². The van der Waals surface area contributed by atoms with Crippen LogP contribution in [0.5, 0.6) is 11.8 Å². The van der Waals surface area contributed by atoms with Gasteiger partial charge in [-0.2, -0.15) is 4.98 Å². The fraction of sp³-hybridized carbons (Fsp3) is 0.227. The summed E-state index contributed by atoms with van der Waals surface area (Å²) >= 11 is 0. The van der Waals surface area contributed by atoms with Gasteiger partial charge in [-0.05, 0) is 54.8 Å². The van der Waals surface area contributed by atoms with E-state index in [2.05, 4.69) is 4.98 Å². The van der Waals surface area contributed by atoms with Crippen LogP contribution in [0.4, 0.5) is 4.39 Å². The molecule has 0 radical (unpaired) electrons. The van der Waals surface area contributed by atoms with E-state index >= 15 is 0 Å². The Labute approximate surface area is 171 Å². The van der Waals surface area contributed by atoms with Crippen molar-refractivity contribution in [3.05, 3.63) is 85.8 Å². The molecule has 0 amide bonds. The first-order chi connectivity index (χ1) is 14.3. The first-order valence-electron chi connectivity index (χ1n) is 9.42. The molecule has 0 unspecified atom stereocenters. The number of hydrogen-bond acceptors (Lipinski definition) is 4. The summed E-state index contributed by atoms with van der Waals surface area (Å²) in [6.07, 6.45) is 0. The van der Waals surface area contributed by atoms with Crippen molar-refractivity contribution >= 4 is 11.2 Å². The number of imidazole rings is 1. The van der Waals surface area contributed by atoms with Crippen LogP contribution in [-0.2, 0) is 20.6 Å². The quantitative estimate of drug-likeness (QED) is 0.520. The third-order valence-corrected chi connectivity index (χ3v) is 5.26. The molecule has 0 fully saturated rings. The van der Waals surface area contributed by atoms with Gasteiger partial charge in [0.1, 0.15) is 11.6 Å². The van der Waals surface area contributed by atoms with Gasteiger partial charge in [0.15, 0.2) is 11.2 Å². The summed E-state index contributed by atoms with van der Waals surface area (Å²) in [5.41, 5.74) is 2.34. The van der Waals surface area contributed by atoms with E-state index < -0.39 is 11.2 Å². The minimum absolute atomic E-state index is 0.0280. The Bertz CT molecular complexity index is 1380. The van der Waals surface area contributed by atoms with Gasteiger partial charge < -0.3 is 4.74 Å². The summed E-state index contributed by atoms with van der Waals surface area (Å²) in [6, 6.07) is 11.5. The van der Waals surface area contributed by atoms with Crippen LogP contribution in [-0.4, -0.2) is 18.7 Å². The molecule has 0 spiro atoms. The van der Waals surface area contributed by atoms with Crippen LogP contribution in [0.3, 0.4) is 0 Å². The predicted octanol–water partition coefficient (Wildman–Crippen LogP) is 3.03. The minimum Gasteiger partial charge on any atom is -0.425 e. The molecule has 154 valence electrons. The molecule has 0 aliphatic heterocycles. The summed E-state index contributed by atoms with van der Waals surface area (Å²) in [5.74, 6) is 0.211. The maximum atomic E-state index is 13.2. The zero-order chi connectivity index (χ0) is 21.6. The van der Waals surface area contributed by atoms with Crippen molar-refractivity contribution in [3.8, 4) is 11.8 Å². The Morgan fingerprint density at radius 3 is 2.33 bits per heavy atom. The number of benzene rings is 2. The molecule has 2 aromatic carbocycles. The minimum atomic E-state index is -0.507. The van der Waals surface area contributed by atoms with Crippen molar-refractivity contribution in [1.29, 1.82) is 0 Å². The third kappa shape index (κ3) is 3.30. The smallest absolute Gasteiger partial charge is 0.332 e. The molecule has 4 rings (SSSR count). The lowest BCUT2D eigenvalue weighted by Crippen LogP contribution is -2.39. The standard InChI is InChI=1S/C22H21FN4O3/c1-13-5-10-17(11-14(13)2)30-21-24-19-18(25(21)3)20(28)27(22(29)26(19)4)12-15-6-8-16(23)9-7-15/h5-11H,12H2,1-4H3. The number of rotatable bonds is 4. The largest absolute Gasteiger partial charge is 0.425 e. The SMILES string of the molecule is Cc1ccc(Oc2nc3c(c(=O)n(Cc4ccc(F)cc4)c(=O)n3C)n2C)cc1C. The van der Waals surface area contributed by atoms with Gasteiger partial charge in [-0.25, -0.2) is 9.18 Å². The highest BCUT2D eigenvalue weighted by Crippen LogP contribution is 2.24. The number of halogens is 1. The second-order valence-electron chi connectivity index (χ2n) is 7.33. The monoisotopic (exact) mass is 408 g/mol. The molecule has 0 saturated heterocycles. The Morgan fingerprint density at radius 1 is 0.967 bits per heavy atom. The van der Waals surface area contributed by atoms with Crippen LogP contribution in [0.1, 0.15) is 16.7 Å². The average molecular weight is 408 g/mol. The van der Waals surface area contributed by atoms with Crippen LogP contribution in [0.15, 0.2) is 52.1 Å². The second kappa shape index (κ2) is 7.29. The fourth-order valence-corrected chi connectivity index (χ4v) is 3.31. The summed E-state index contributed by atoms with van der Waals surface area (Å²) in [7, 11) is 3.22. The first-order valence-corrected chi connectivity index (χ1v) is 9.42. The first kappa shape index (κ1) is 19.6. The highest BCUT2D eigenvalue weighted by atomic mass is 19.1. The summed E-state index contributed by atoms with van der Waals surface area (Å²) < 4.78 is 23.0. The maximum absolute atomic E-state index is 13.2. The summed E-state index contributed by atoms with van der Waals surface area (Å²) in [5, 5.41) is 0. The van der Waals surface area contributed by atoms with E-state index in [1.165, 1.54) is 21.3 Å². The average Bonchev–Trinajstić information content (AvgIpc) is 3.04. The molecular weight excluding hydrogens is 387 g/mol. The lowest BCUT2D eigenvalue weighted by Gasteiger charge is -2.09. The van der Waals surface area contributed by atoms with Crippen molar-refractivity contribution in [1.82, 2.24) is 18.7 Å². The molecule has 0 atom stereocenters. The van der Waals surface area contributed by atoms with Crippen LogP contribution < -0.4 is 16.0 Å². The molecule has 4 aromatic rings. The van der Waals surface area contributed by atoms with Crippen LogP contribution >= 0.6 is 0 Å². The summed E-state index contributed by atoms with van der Waals surface area (Å²) in [4.78, 5) is 30.3. The fourth-order valence-electron chi connectivity index (χ4n) is 3.31. The maximum Gasteiger partial charge on any atom is 0.332 e. The molecule has 30 heavy (non-hydrogen) atoms. The number of aryl methyl sites for hydroxylation is 4. The van der Waals surface area contributed by atoms with Crippen LogP contribution in [0, 0.1) is 19.7 Å². The predicted molar refractivity (Wildman–Crippen MR) is 112 cm³/mol. The van der Waals surface area contributed by atoms with Gasteiger partial charge >= 0.3 is 11.7 Å². The molecule has 7 nitrogen and oxygen atoms in total. The van der Waals surface area contributed by atoms with E-state index in [0.717, 1.165) is 15.7 Å². The van der Waals surface area contributed by atoms with Gasteiger partial charge in [0, 0.05) is 14.1 Å². The van der Waals surface area contributed by atoms with E-state index in [1.54, 1.807) is 26.2 Å². The van der Waals surface area contributed by atoms with Crippen molar-refractivity contribution in [2.24, 2.45) is 14.1 Å². The number of nitrogens with zero attached hydrogens (tertiary/aromatic N) is 4. The van der Waals surface area contributed by atoms with Crippen molar-refractivity contribution in [2.45, 2.75) is 20.4 Å². The molecule has 0 aliphatic rings. The van der Waals surface area contributed by atoms with E-state index in [9.17, 15) is 14.0 Å². The number of aromatic nitrogens is 4. The van der Waals surface area contributed by atoms with E-state index in [1.807, 2.05) is 32.0 Å². The lowest BCUT2D eigenvalue weighted by molar-refractivity contribution is 0.427. The Balaban J connectivity index is 1.82. The molecule has 0 saturated carbocycles. The van der Waals surface area contributed by atoms with E-state index in [4.69, 9.17) is 4.74 Å². The normalized spacial score (nSPS) is 11.2. The Morgan fingerprint density at radius 2 is 1.67 bits per heavy atom. The highest BCUT2D eigenvalue weighted by Gasteiger charge is 2.20. The second-order valence-corrected chi connectivity index (χ2v) is 7.33. The van der Waals surface area contributed by atoms with Gasteiger partial charge in [-0.3, -0.25) is 18.5 Å². The molecule has 0 aliphatic carbocycles. The number of ether oxygens (including phenoxy) is 1. The molecule has 2 aromatic heterocycles. The number of fused-ring (bicyclic) bond motifs is 1. The lowest BCUT2D eigenvalue weighted by atomic mass is 10.1. The topological polar surface area (TPSA) is 71.1 Å². The Hall–Kier alpha value is -3.68. The van der Waals surface area contributed by atoms with Gasteiger partial charge in [-0.15, -0.1) is 0 Å². The van der Waals surface area contributed by atoms with Crippen LogP contribution in [0.2, 0.25) is 0 Å². The van der Waals surface area contributed by atoms with E-state index in [-0.39, 0.29) is 29.5 Å². The number of hydrogen-bond donors (Lipinski definition) is 0. The van der Waals surface area contributed by atoms with Gasteiger partial charge in [-0.1, -0.05) is 18.2 Å². The van der Waals surface area contributed by atoms with Gasteiger partial charge in [0.05, 0.1) is 6.54 Å². The third-order valence-electron chi connectivity index (χ3n) is 5.26. The molecule has 0 N–H and O–H groups in total. The van der Waals surface area contributed by atoms with Gasteiger partial charge in [0.25, 0.3) is 5.56 Å². The van der Waals surface area contributed by atoms with E-state index in [0.29, 0.717) is 11.3 Å². The van der Waals surface area contributed by atoms with Crippen molar-refractivity contribution < 1.29 is 9.13 Å². The summed E-state index contributed by atoms with van der Waals surface area (Å²) in [6.45, 7) is 4.02. The molecule has 0 bridgehead atoms. The zero-order valence-corrected chi connectivity index (χ0v) is 17.1. The molecule has 2 heterocycles. The highest BCUT2D eigenvalue weighted by molar-refractivity contribution is 5.72. The van der Waals surface area contributed by atoms with Crippen LogP contribution in [0.25, 0.3) is 11.2 Å². The van der Waals surface area contributed by atoms with Crippen molar-refractivity contribution in [3.63, 3.8) is 0 Å². The van der Waals surface area contributed by atoms with Crippen molar-refractivity contribution in [2.75, 3.05) is 0 Å². The zero-order valence-electron chi connectivity index (χ0n) is 17.1. The molecule has 8 heteroatoms.